The predicted octanol–water partition coefficient (Wildman–Crippen LogP) is 2.70. The van der Waals surface area contributed by atoms with Gasteiger partial charge in [0.15, 0.2) is 11.5 Å². The summed E-state index contributed by atoms with van der Waals surface area (Å²) in [6, 6.07) is 12.8. The zero-order valence-corrected chi connectivity index (χ0v) is 20.4. The minimum atomic E-state index is -4.10. The van der Waals surface area contributed by atoms with Crippen molar-refractivity contribution in [3.8, 4) is 11.5 Å². The lowest BCUT2D eigenvalue weighted by atomic mass is 9.97. The van der Waals surface area contributed by atoms with Crippen molar-refractivity contribution in [2.24, 2.45) is 5.92 Å². The number of anilines is 1. The van der Waals surface area contributed by atoms with Crippen LogP contribution in [0.2, 0.25) is 0 Å². The van der Waals surface area contributed by atoms with E-state index < -0.39 is 10.0 Å². The van der Waals surface area contributed by atoms with Crippen molar-refractivity contribution in [1.29, 1.82) is 0 Å². The fraction of sp³-hybridized carbons (Fsp3) is 0.417. The average Bonchev–Trinajstić information content (AvgIpc) is 2.87. The summed E-state index contributed by atoms with van der Waals surface area (Å²) in [5, 5.41) is 0. The fourth-order valence-electron chi connectivity index (χ4n) is 3.86. The van der Waals surface area contributed by atoms with Crippen molar-refractivity contribution in [3.63, 3.8) is 0 Å². The van der Waals surface area contributed by atoms with Crippen LogP contribution in [0.5, 0.6) is 11.5 Å². The number of amides is 1. The number of rotatable bonds is 9. The first kappa shape index (κ1) is 25.4. The van der Waals surface area contributed by atoms with Crippen LogP contribution < -0.4 is 13.8 Å². The highest BCUT2D eigenvalue weighted by Gasteiger charge is 2.32. The minimum Gasteiger partial charge on any atom is -0.493 e. The van der Waals surface area contributed by atoms with Crippen LogP contribution in [0.4, 0.5) is 5.69 Å². The third-order valence-electron chi connectivity index (χ3n) is 5.73. The van der Waals surface area contributed by atoms with Gasteiger partial charge in [0.1, 0.15) is 6.54 Å². The van der Waals surface area contributed by atoms with E-state index in [9.17, 15) is 18.0 Å². The number of ether oxygens (including phenoxy) is 3. The molecule has 0 spiro atoms. The number of esters is 1. The van der Waals surface area contributed by atoms with Gasteiger partial charge in [-0.05, 0) is 44.0 Å². The van der Waals surface area contributed by atoms with Crippen LogP contribution in [-0.4, -0.2) is 65.7 Å². The molecule has 2 aromatic rings. The van der Waals surface area contributed by atoms with E-state index in [4.69, 9.17) is 14.2 Å². The number of hydrogen-bond donors (Lipinski definition) is 0. The molecule has 3 rings (SSSR count). The molecule has 0 aromatic heterocycles. The van der Waals surface area contributed by atoms with E-state index in [1.165, 1.54) is 32.4 Å². The first-order valence-electron chi connectivity index (χ1n) is 11.1. The maximum Gasteiger partial charge on any atom is 0.309 e. The Morgan fingerprint density at radius 3 is 2.24 bits per heavy atom. The number of para-hydroxylation sites is 1. The third kappa shape index (κ3) is 5.61. The zero-order valence-electron chi connectivity index (χ0n) is 19.6. The number of carbonyl (C=O) groups is 2. The Kier molecular flexibility index (Phi) is 8.38. The predicted molar refractivity (Wildman–Crippen MR) is 126 cm³/mol. The molecule has 34 heavy (non-hydrogen) atoms. The lowest BCUT2D eigenvalue weighted by Crippen LogP contribution is -2.46. The highest BCUT2D eigenvalue weighted by Crippen LogP contribution is 2.32. The van der Waals surface area contributed by atoms with Crippen molar-refractivity contribution in [3.05, 3.63) is 48.5 Å². The van der Waals surface area contributed by atoms with Gasteiger partial charge in [0.25, 0.3) is 10.0 Å². The monoisotopic (exact) mass is 490 g/mol. The third-order valence-corrected chi connectivity index (χ3v) is 7.50. The van der Waals surface area contributed by atoms with Gasteiger partial charge in [-0.1, -0.05) is 18.2 Å². The first-order valence-corrected chi connectivity index (χ1v) is 12.5. The van der Waals surface area contributed by atoms with Crippen LogP contribution in [0.15, 0.2) is 53.4 Å². The van der Waals surface area contributed by atoms with Gasteiger partial charge in [-0.15, -0.1) is 0 Å². The molecule has 1 fully saturated rings. The van der Waals surface area contributed by atoms with Crippen LogP contribution in [-0.2, 0) is 24.3 Å². The van der Waals surface area contributed by atoms with Crippen LogP contribution >= 0.6 is 0 Å². The smallest absolute Gasteiger partial charge is 0.309 e. The number of methoxy groups -OCH3 is 2. The Balaban J connectivity index is 1.84. The number of sulfonamides is 1. The molecular weight excluding hydrogens is 460 g/mol. The van der Waals surface area contributed by atoms with E-state index in [1.54, 1.807) is 42.2 Å². The summed E-state index contributed by atoms with van der Waals surface area (Å²) in [5.41, 5.74) is 0.368. The van der Waals surface area contributed by atoms with Gasteiger partial charge < -0.3 is 19.1 Å². The maximum absolute atomic E-state index is 13.6. The molecule has 1 saturated heterocycles. The van der Waals surface area contributed by atoms with Crippen molar-refractivity contribution in [1.82, 2.24) is 4.90 Å². The highest BCUT2D eigenvalue weighted by molar-refractivity contribution is 7.92. The summed E-state index contributed by atoms with van der Waals surface area (Å²) in [5.74, 6) is -0.173. The van der Waals surface area contributed by atoms with Gasteiger partial charge in [-0.3, -0.25) is 13.9 Å². The lowest BCUT2D eigenvalue weighted by Gasteiger charge is -2.33. The first-order chi connectivity index (χ1) is 16.3. The second-order valence-electron chi connectivity index (χ2n) is 7.77. The topological polar surface area (TPSA) is 102 Å². The van der Waals surface area contributed by atoms with Gasteiger partial charge >= 0.3 is 5.97 Å². The Labute approximate surface area is 200 Å². The Bertz CT molecular complexity index is 1100. The van der Waals surface area contributed by atoms with Gasteiger partial charge in [-0.25, -0.2) is 8.42 Å². The molecule has 1 aliphatic heterocycles. The second-order valence-corrected chi connectivity index (χ2v) is 9.63. The average molecular weight is 491 g/mol. The van der Waals surface area contributed by atoms with Crippen LogP contribution in [0.1, 0.15) is 19.8 Å². The molecule has 0 atom stereocenters. The summed E-state index contributed by atoms with van der Waals surface area (Å²) in [6.45, 7) is 2.43. The molecule has 0 radical (unpaired) electrons. The number of nitrogens with zero attached hydrogens (tertiary/aromatic N) is 2. The number of benzene rings is 2. The quantitative estimate of drug-likeness (QED) is 0.498. The van der Waals surface area contributed by atoms with E-state index in [0.717, 1.165) is 4.31 Å². The Hall–Kier alpha value is -3.27. The molecule has 1 amide bonds. The molecule has 1 heterocycles. The van der Waals surface area contributed by atoms with Crippen LogP contribution in [0, 0.1) is 5.92 Å². The molecule has 0 N–H and O–H groups in total. The van der Waals surface area contributed by atoms with E-state index in [1.807, 2.05) is 0 Å². The molecule has 0 aliphatic carbocycles. The van der Waals surface area contributed by atoms with Gasteiger partial charge in [0.05, 0.1) is 37.3 Å². The van der Waals surface area contributed by atoms with E-state index in [-0.39, 0.29) is 35.0 Å². The summed E-state index contributed by atoms with van der Waals surface area (Å²) < 4.78 is 43.9. The normalized spacial score (nSPS) is 14.4. The van der Waals surface area contributed by atoms with Crippen molar-refractivity contribution < 1.29 is 32.2 Å². The molecule has 0 unspecified atom stereocenters. The number of carbonyl (C=O) groups excluding carboxylic acids is 2. The summed E-state index contributed by atoms with van der Waals surface area (Å²) in [4.78, 5) is 26.7. The maximum atomic E-state index is 13.6. The van der Waals surface area contributed by atoms with Crippen molar-refractivity contribution in [2.45, 2.75) is 24.7 Å². The van der Waals surface area contributed by atoms with Gasteiger partial charge in [0.2, 0.25) is 5.91 Å². The molecule has 184 valence electrons. The molecule has 0 saturated carbocycles. The van der Waals surface area contributed by atoms with Crippen LogP contribution in [0.3, 0.4) is 0 Å². The molecular formula is C24H30N2O7S. The van der Waals surface area contributed by atoms with E-state index in [0.29, 0.717) is 44.0 Å². The summed E-state index contributed by atoms with van der Waals surface area (Å²) in [6.07, 6.45) is 0.969. The fourth-order valence-corrected chi connectivity index (χ4v) is 5.29. The number of likely N-dealkylation sites (tertiary alicyclic amines) is 1. The molecule has 10 heteroatoms. The number of hydrogen-bond acceptors (Lipinski definition) is 7. The Morgan fingerprint density at radius 1 is 1.00 bits per heavy atom. The minimum absolute atomic E-state index is 0.0252. The summed E-state index contributed by atoms with van der Waals surface area (Å²) in [7, 11) is -1.21. The Morgan fingerprint density at radius 2 is 1.65 bits per heavy atom. The second kappa shape index (κ2) is 11.2. The van der Waals surface area contributed by atoms with Crippen molar-refractivity contribution in [2.75, 3.05) is 44.8 Å². The van der Waals surface area contributed by atoms with E-state index in [2.05, 4.69) is 0 Å². The largest absolute Gasteiger partial charge is 0.493 e. The zero-order chi connectivity index (χ0) is 24.7. The van der Waals surface area contributed by atoms with Gasteiger partial charge in [0, 0.05) is 19.2 Å². The van der Waals surface area contributed by atoms with Crippen LogP contribution in [0.25, 0.3) is 0 Å². The molecule has 9 nitrogen and oxygen atoms in total. The van der Waals surface area contributed by atoms with Crippen molar-refractivity contribution >= 4 is 27.6 Å². The lowest BCUT2D eigenvalue weighted by molar-refractivity contribution is -0.151. The molecule has 1 aliphatic rings. The molecule has 0 bridgehead atoms. The molecule has 2 aromatic carbocycles. The summed E-state index contributed by atoms with van der Waals surface area (Å²) >= 11 is 0. The van der Waals surface area contributed by atoms with Gasteiger partial charge in [-0.2, -0.15) is 0 Å². The van der Waals surface area contributed by atoms with E-state index >= 15 is 0 Å². The standard InChI is InChI=1S/C24H30N2O7S/c1-4-33-24(28)18-12-14-25(15-13-18)23(27)17-26(19-8-6-5-7-9-19)34(29,30)20-10-11-21(31-2)22(16-20)32-3/h5-11,16,18H,4,12-15,17H2,1-3H3. The SMILES string of the molecule is CCOC(=O)C1CCN(C(=O)CN(c2ccccc2)S(=O)(=O)c2ccc(OC)c(OC)c2)CC1. The highest BCUT2D eigenvalue weighted by atomic mass is 32.2. The number of piperidine rings is 1.